The highest BCUT2D eigenvalue weighted by atomic mass is 16.6. The summed E-state index contributed by atoms with van der Waals surface area (Å²) in [4.78, 5) is 25.2. The summed E-state index contributed by atoms with van der Waals surface area (Å²) in [5.74, 6) is 0.366. The van der Waals surface area contributed by atoms with Crippen LogP contribution in [-0.4, -0.2) is 56.3 Å². The molecule has 1 heterocycles. The quantitative estimate of drug-likeness (QED) is 0.558. The SMILES string of the molecule is CCN(CC1CCOC1)C(=O)c1cc(OC)c(OC)cc1[N+](=O)[O-]. The molecule has 0 aromatic heterocycles. The topological polar surface area (TPSA) is 91.1 Å². The third-order valence-electron chi connectivity index (χ3n) is 4.10. The summed E-state index contributed by atoms with van der Waals surface area (Å²) in [6.45, 7) is 4.12. The van der Waals surface area contributed by atoms with Crippen molar-refractivity contribution < 1.29 is 23.9 Å². The minimum Gasteiger partial charge on any atom is -0.493 e. The van der Waals surface area contributed by atoms with Crippen molar-refractivity contribution in [2.45, 2.75) is 13.3 Å². The minimum absolute atomic E-state index is 0.00147. The number of hydrogen-bond acceptors (Lipinski definition) is 6. The maximum Gasteiger partial charge on any atom is 0.286 e. The molecule has 1 amide bonds. The van der Waals surface area contributed by atoms with E-state index in [4.69, 9.17) is 14.2 Å². The fraction of sp³-hybridized carbons (Fsp3) is 0.562. The molecule has 1 aromatic carbocycles. The van der Waals surface area contributed by atoms with E-state index in [1.807, 2.05) is 6.92 Å². The monoisotopic (exact) mass is 338 g/mol. The fourth-order valence-electron chi connectivity index (χ4n) is 2.76. The second kappa shape index (κ2) is 7.96. The zero-order valence-electron chi connectivity index (χ0n) is 14.1. The van der Waals surface area contributed by atoms with Crippen LogP contribution >= 0.6 is 0 Å². The molecule has 0 N–H and O–H groups in total. The zero-order valence-corrected chi connectivity index (χ0v) is 14.1. The minimum atomic E-state index is -0.582. The number of benzene rings is 1. The number of nitrogens with zero attached hydrogens (tertiary/aromatic N) is 2. The van der Waals surface area contributed by atoms with Crippen molar-refractivity contribution in [2.24, 2.45) is 5.92 Å². The van der Waals surface area contributed by atoms with Crippen LogP contribution < -0.4 is 9.47 Å². The molecule has 0 spiro atoms. The number of methoxy groups -OCH3 is 2. The van der Waals surface area contributed by atoms with Gasteiger partial charge >= 0.3 is 0 Å². The largest absolute Gasteiger partial charge is 0.493 e. The van der Waals surface area contributed by atoms with E-state index >= 15 is 0 Å². The van der Waals surface area contributed by atoms with Gasteiger partial charge in [0.25, 0.3) is 11.6 Å². The Morgan fingerprint density at radius 2 is 2.04 bits per heavy atom. The van der Waals surface area contributed by atoms with Crippen molar-refractivity contribution in [1.29, 1.82) is 0 Å². The first-order chi connectivity index (χ1) is 11.5. The maximum atomic E-state index is 12.8. The summed E-state index contributed by atoms with van der Waals surface area (Å²) in [6, 6.07) is 2.59. The van der Waals surface area contributed by atoms with Crippen LogP contribution in [0.3, 0.4) is 0 Å². The third-order valence-corrected chi connectivity index (χ3v) is 4.10. The van der Waals surface area contributed by atoms with Gasteiger partial charge in [0.2, 0.25) is 0 Å². The Morgan fingerprint density at radius 1 is 1.38 bits per heavy atom. The molecular weight excluding hydrogens is 316 g/mol. The summed E-state index contributed by atoms with van der Waals surface area (Å²) >= 11 is 0. The number of carbonyl (C=O) groups excluding carboxylic acids is 1. The predicted octanol–water partition coefficient (Wildman–Crippen LogP) is 2.11. The average Bonchev–Trinajstić information content (AvgIpc) is 3.10. The van der Waals surface area contributed by atoms with E-state index in [0.29, 0.717) is 26.3 Å². The number of ether oxygens (including phenoxy) is 3. The summed E-state index contributed by atoms with van der Waals surface area (Å²) in [5, 5.41) is 11.4. The normalized spacial score (nSPS) is 16.7. The van der Waals surface area contributed by atoms with Gasteiger partial charge in [0.05, 0.1) is 31.8 Å². The molecular formula is C16H22N2O6. The summed E-state index contributed by atoms with van der Waals surface area (Å²) in [6.07, 6.45) is 0.887. The molecule has 1 aliphatic heterocycles. The van der Waals surface area contributed by atoms with Crippen molar-refractivity contribution in [1.82, 2.24) is 4.90 Å². The molecule has 0 radical (unpaired) electrons. The average molecular weight is 338 g/mol. The summed E-state index contributed by atoms with van der Waals surface area (Å²) < 4.78 is 15.6. The van der Waals surface area contributed by atoms with Crippen LogP contribution in [0.5, 0.6) is 11.5 Å². The molecule has 8 nitrogen and oxygen atoms in total. The van der Waals surface area contributed by atoms with Crippen LogP contribution in [0.15, 0.2) is 12.1 Å². The van der Waals surface area contributed by atoms with Gasteiger partial charge in [-0.3, -0.25) is 14.9 Å². The van der Waals surface area contributed by atoms with Gasteiger partial charge in [-0.05, 0) is 13.3 Å². The van der Waals surface area contributed by atoms with Gasteiger partial charge in [0, 0.05) is 31.7 Å². The first kappa shape index (κ1) is 18.0. The molecule has 2 rings (SSSR count). The summed E-state index contributed by atoms with van der Waals surface area (Å²) in [7, 11) is 2.81. The maximum absolute atomic E-state index is 12.8. The molecule has 132 valence electrons. The molecule has 1 saturated heterocycles. The number of nitro groups is 1. The number of amides is 1. The molecule has 1 atom stereocenters. The molecule has 0 aliphatic carbocycles. The lowest BCUT2D eigenvalue weighted by Crippen LogP contribution is -2.35. The second-order valence-corrected chi connectivity index (χ2v) is 5.55. The van der Waals surface area contributed by atoms with Gasteiger partial charge < -0.3 is 19.1 Å². The van der Waals surface area contributed by atoms with Crippen LogP contribution in [0.25, 0.3) is 0 Å². The Hall–Kier alpha value is -2.35. The second-order valence-electron chi connectivity index (χ2n) is 5.55. The van der Waals surface area contributed by atoms with Gasteiger partial charge in [-0.2, -0.15) is 0 Å². The Labute approximate surface area is 140 Å². The number of nitro benzene ring substituents is 1. The van der Waals surface area contributed by atoms with Crippen molar-refractivity contribution in [3.05, 3.63) is 27.8 Å². The summed E-state index contributed by atoms with van der Waals surface area (Å²) in [5.41, 5.74) is -0.294. The first-order valence-corrected chi connectivity index (χ1v) is 7.79. The van der Waals surface area contributed by atoms with Gasteiger partial charge in [-0.1, -0.05) is 0 Å². The van der Waals surface area contributed by atoms with Crippen LogP contribution in [0.2, 0.25) is 0 Å². The standard InChI is InChI=1S/C16H22N2O6/c1-4-17(9-11-5-6-24-10-11)16(19)12-7-14(22-2)15(23-3)8-13(12)18(20)21/h7-8,11H,4-6,9-10H2,1-3H3. The Bertz CT molecular complexity index is 613. The molecule has 24 heavy (non-hydrogen) atoms. The Morgan fingerprint density at radius 3 is 2.54 bits per heavy atom. The molecule has 1 aliphatic rings. The predicted molar refractivity (Wildman–Crippen MR) is 86.7 cm³/mol. The van der Waals surface area contributed by atoms with Crippen molar-refractivity contribution in [2.75, 3.05) is 40.5 Å². The molecule has 0 saturated carbocycles. The van der Waals surface area contributed by atoms with Gasteiger partial charge in [-0.15, -0.1) is 0 Å². The highest BCUT2D eigenvalue weighted by Gasteiger charge is 2.29. The molecule has 0 bridgehead atoms. The first-order valence-electron chi connectivity index (χ1n) is 7.79. The van der Waals surface area contributed by atoms with Crippen LogP contribution in [0, 0.1) is 16.0 Å². The lowest BCUT2D eigenvalue weighted by atomic mass is 10.1. The van der Waals surface area contributed by atoms with Crippen molar-refractivity contribution in [3.8, 4) is 11.5 Å². The lowest BCUT2D eigenvalue weighted by molar-refractivity contribution is -0.385. The molecule has 1 fully saturated rings. The highest BCUT2D eigenvalue weighted by molar-refractivity contribution is 5.99. The fourth-order valence-corrected chi connectivity index (χ4v) is 2.76. The van der Waals surface area contributed by atoms with Crippen molar-refractivity contribution in [3.63, 3.8) is 0 Å². The molecule has 1 unspecified atom stereocenters. The van der Waals surface area contributed by atoms with Gasteiger partial charge in [0.15, 0.2) is 11.5 Å². The lowest BCUT2D eigenvalue weighted by Gasteiger charge is -2.24. The number of carbonyl (C=O) groups is 1. The third kappa shape index (κ3) is 3.76. The van der Waals surface area contributed by atoms with Gasteiger partial charge in [-0.25, -0.2) is 0 Å². The van der Waals surface area contributed by atoms with Crippen LogP contribution in [0.4, 0.5) is 5.69 Å². The van der Waals surface area contributed by atoms with Crippen molar-refractivity contribution >= 4 is 11.6 Å². The van der Waals surface area contributed by atoms with E-state index in [0.717, 1.165) is 6.42 Å². The van der Waals surface area contributed by atoms with Crippen LogP contribution in [0.1, 0.15) is 23.7 Å². The smallest absolute Gasteiger partial charge is 0.286 e. The Balaban J connectivity index is 2.36. The van der Waals surface area contributed by atoms with Crippen LogP contribution in [-0.2, 0) is 4.74 Å². The zero-order chi connectivity index (χ0) is 17.7. The molecule has 8 heteroatoms. The number of rotatable bonds is 7. The van der Waals surface area contributed by atoms with E-state index in [-0.39, 0.29) is 28.7 Å². The van der Waals surface area contributed by atoms with E-state index in [9.17, 15) is 14.9 Å². The van der Waals surface area contributed by atoms with Gasteiger partial charge in [0.1, 0.15) is 5.56 Å². The molecule has 1 aromatic rings. The Kier molecular flexibility index (Phi) is 5.97. The van der Waals surface area contributed by atoms with E-state index in [1.165, 1.54) is 26.4 Å². The highest BCUT2D eigenvalue weighted by Crippen LogP contribution is 2.35. The van der Waals surface area contributed by atoms with E-state index < -0.39 is 10.8 Å². The van der Waals surface area contributed by atoms with E-state index in [1.54, 1.807) is 4.90 Å². The van der Waals surface area contributed by atoms with E-state index in [2.05, 4.69) is 0 Å². The number of hydrogen-bond donors (Lipinski definition) is 0.